The van der Waals surface area contributed by atoms with Crippen LogP contribution in [0.3, 0.4) is 0 Å². The van der Waals surface area contributed by atoms with Crippen LogP contribution in [0.1, 0.15) is 25.0 Å². The summed E-state index contributed by atoms with van der Waals surface area (Å²) in [6.45, 7) is 4.83. The maximum Gasteiger partial charge on any atom is 0.0892 e. The Bertz CT molecular complexity index is 1430. The van der Waals surface area contributed by atoms with Crippen LogP contribution in [-0.4, -0.2) is 22.7 Å². The fourth-order valence-corrected chi connectivity index (χ4v) is 8.91. The van der Waals surface area contributed by atoms with Gasteiger partial charge in [0.05, 0.1) is 22.7 Å². The third kappa shape index (κ3) is 2.91. The van der Waals surface area contributed by atoms with E-state index in [0.717, 1.165) is 10.7 Å². The summed E-state index contributed by atoms with van der Waals surface area (Å²) < 4.78 is 7.02. The van der Waals surface area contributed by atoms with E-state index in [2.05, 4.69) is 103 Å². The van der Waals surface area contributed by atoms with Crippen LogP contribution >= 0.6 is 27.5 Å². The molecule has 3 aromatic carbocycles. The molecule has 3 aromatic rings. The maximum atomic E-state index is 7.02. The Labute approximate surface area is 225 Å². The summed E-state index contributed by atoms with van der Waals surface area (Å²) in [5.41, 5.74) is 7.01. The SMILES string of the molecule is C[C@]12C(c3ccccc3)=C(c3ccccc3)[C@]3(C)C1O[C@@H]1C=C[C@H]2C(=Nc2ccc(Cl)cc2)[C@H]3[C@H]1Br. The third-order valence-corrected chi connectivity index (χ3v) is 10.3. The van der Waals surface area contributed by atoms with Crippen molar-refractivity contribution in [2.45, 2.75) is 30.9 Å². The van der Waals surface area contributed by atoms with E-state index < -0.39 is 0 Å². The largest absolute Gasteiger partial charge is 0.368 e. The number of allylic oxidation sites excluding steroid dienone is 1. The molecule has 1 unspecified atom stereocenters. The quantitative estimate of drug-likeness (QED) is 0.234. The first-order valence-corrected chi connectivity index (χ1v) is 13.9. The Kier molecular flexibility index (Phi) is 5.06. The van der Waals surface area contributed by atoms with Crippen LogP contribution in [0, 0.1) is 22.7 Å². The predicted octanol–water partition coefficient (Wildman–Crippen LogP) is 8.40. The minimum atomic E-state index is -0.262. The molecule has 1 saturated heterocycles. The lowest BCUT2D eigenvalue weighted by Gasteiger charge is -2.58. The van der Waals surface area contributed by atoms with Gasteiger partial charge in [-0.05, 0) is 46.5 Å². The molecule has 0 spiro atoms. The minimum absolute atomic E-state index is 0.0162. The molecule has 0 radical (unpaired) electrons. The lowest BCUT2D eigenvalue weighted by atomic mass is 9.52. The number of ether oxygens (including phenoxy) is 1. The molecule has 2 fully saturated rings. The van der Waals surface area contributed by atoms with Crippen molar-refractivity contribution in [2.75, 3.05) is 0 Å². The molecule has 5 aliphatic rings. The first-order valence-electron chi connectivity index (χ1n) is 12.6. The van der Waals surface area contributed by atoms with E-state index in [1.54, 1.807) is 0 Å². The van der Waals surface area contributed by atoms with E-state index in [1.807, 2.05) is 24.3 Å². The smallest absolute Gasteiger partial charge is 0.0892 e. The van der Waals surface area contributed by atoms with Crippen LogP contribution in [0.5, 0.6) is 0 Å². The molecule has 4 heteroatoms. The molecular formula is C32H27BrClNO. The number of hydrogen-bond donors (Lipinski definition) is 0. The van der Waals surface area contributed by atoms with E-state index in [9.17, 15) is 0 Å². The molecule has 36 heavy (non-hydrogen) atoms. The average molecular weight is 557 g/mol. The van der Waals surface area contributed by atoms with Gasteiger partial charge in [-0.25, -0.2) is 0 Å². The number of hydrogen-bond acceptors (Lipinski definition) is 2. The topological polar surface area (TPSA) is 21.6 Å². The van der Waals surface area contributed by atoms with Crippen molar-refractivity contribution in [2.24, 2.45) is 27.7 Å². The summed E-state index contributed by atoms with van der Waals surface area (Å²) in [5.74, 6) is 0.307. The zero-order valence-corrected chi connectivity index (χ0v) is 22.6. The van der Waals surface area contributed by atoms with Crippen LogP contribution in [0.2, 0.25) is 5.02 Å². The summed E-state index contributed by atoms with van der Waals surface area (Å²) in [7, 11) is 0. The number of aliphatic imine (C=N–C) groups is 1. The summed E-state index contributed by atoms with van der Waals surface area (Å²) in [6.07, 6.45) is 4.71. The van der Waals surface area contributed by atoms with E-state index in [0.29, 0.717) is 0 Å². The molecule has 0 amide bonds. The van der Waals surface area contributed by atoms with Gasteiger partial charge in [0.1, 0.15) is 0 Å². The maximum absolute atomic E-state index is 7.02. The molecule has 0 N–H and O–H groups in total. The van der Waals surface area contributed by atoms with Crippen molar-refractivity contribution in [1.29, 1.82) is 0 Å². The molecule has 180 valence electrons. The van der Waals surface area contributed by atoms with Crippen LogP contribution in [0.25, 0.3) is 11.1 Å². The van der Waals surface area contributed by atoms with Gasteiger partial charge in [0.2, 0.25) is 0 Å². The summed E-state index contributed by atoms with van der Waals surface area (Å²) in [5, 5.41) is 0.728. The average Bonchev–Trinajstić information content (AvgIpc) is 2.98. The molecule has 1 saturated carbocycles. The Morgan fingerprint density at radius 2 is 1.36 bits per heavy atom. The molecule has 0 aromatic heterocycles. The third-order valence-electron chi connectivity index (χ3n) is 8.97. The van der Waals surface area contributed by atoms with E-state index in [4.69, 9.17) is 21.3 Å². The Morgan fingerprint density at radius 1 is 0.778 bits per heavy atom. The van der Waals surface area contributed by atoms with Crippen LogP contribution in [-0.2, 0) is 4.74 Å². The van der Waals surface area contributed by atoms with Gasteiger partial charge in [0, 0.05) is 33.4 Å². The molecule has 7 atom stereocenters. The van der Waals surface area contributed by atoms with Gasteiger partial charge in [-0.2, -0.15) is 0 Å². The first-order chi connectivity index (χ1) is 17.4. The monoisotopic (exact) mass is 555 g/mol. The van der Waals surface area contributed by atoms with Crippen molar-refractivity contribution in [3.05, 3.63) is 113 Å². The molecule has 2 aliphatic heterocycles. The molecule has 6 bridgehead atoms. The number of benzene rings is 3. The van der Waals surface area contributed by atoms with Gasteiger partial charge in [0.25, 0.3) is 0 Å². The number of nitrogens with zero attached hydrogens (tertiary/aromatic N) is 1. The second-order valence-electron chi connectivity index (χ2n) is 10.8. The lowest BCUT2D eigenvalue weighted by Crippen LogP contribution is -2.65. The summed E-state index contributed by atoms with van der Waals surface area (Å²) >= 11 is 10.3. The highest BCUT2D eigenvalue weighted by Crippen LogP contribution is 2.74. The van der Waals surface area contributed by atoms with Crippen molar-refractivity contribution < 1.29 is 4.74 Å². The Morgan fingerprint density at radius 3 is 1.97 bits per heavy atom. The van der Waals surface area contributed by atoms with Crippen LogP contribution < -0.4 is 0 Å². The van der Waals surface area contributed by atoms with Crippen molar-refractivity contribution in [3.8, 4) is 0 Å². The fraction of sp³-hybridized carbons (Fsp3) is 0.281. The second kappa shape index (κ2) is 8.02. The summed E-state index contributed by atoms with van der Waals surface area (Å²) in [4.78, 5) is 5.52. The highest BCUT2D eigenvalue weighted by atomic mass is 79.9. The molecule has 2 nitrogen and oxygen atoms in total. The normalized spacial score (nSPS) is 37.1. The van der Waals surface area contributed by atoms with Gasteiger partial charge < -0.3 is 4.74 Å². The number of rotatable bonds is 3. The molecule has 3 aliphatic carbocycles. The Balaban J connectivity index is 1.56. The van der Waals surface area contributed by atoms with Crippen molar-refractivity contribution in [3.63, 3.8) is 0 Å². The predicted molar refractivity (Wildman–Crippen MR) is 152 cm³/mol. The highest BCUT2D eigenvalue weighted by molar-refractivity contribution is 9.09. The van der Waals surface area contributed by atoms with Gasteiger partial charge in [-0.15, -0.1) is 0 Å². The Hall–Kier alpha value is -2.46. The first kappa shape index (κ1) is 22.7. The van der Waals surface area contributed by atoms with Crippen molar-refractivity contribution in [1.82, 2.24) is 0 Å². The summed E-state index contributed by atoms with van der Waals surface area (Å²) in [6, 6.07) is 29.7. The van der Waals surface area contributed by atoms with E-state index in [1.165, 1.54) is 28.0 Å². The zero-order chi connectivity index (χ0) is 24.7. The van der Waals surface area contributed by atoms with Crippen LogP contribution in [0.15, 0.2) is 102 Å². The van der Waals surface area contributed by atoms with E-state index >= 15 is 0 Å². The zero-order valence-electron chi connectivity index (χ0n) is 20.2. The van der Waals surface area contributed by atoms with Crippen LogP contribution in [0.4, 0.5) is 5.69 Å². The van der Waals surface area contributed by atoms with Gasteiger partial charge in [-0.3, -0.25) is 4.99 Å². The molecular weight excluding hydrogens is 530 g/mol. The lowest BCUT2D eigenvalue weighted by molar-refractivity contribution is -0.137. The van der Waals surface area contributed by atoms with Gasteiger partial charge in [-0.1, -0.05) is 114 Å². The van der Waals surface area contributed by atoms with Crippen molar-refractivity contribution >= 4 is 50.1 Å². The number of halogens is 2. The second-order valence-corrected chi connectivity index (χ2v) is 12.3. The number of alkyl halides is 1. The van der Waals surface area contributed by atoms with Gasteiger partial charge >= 0.3 is 0 Å². The van der Waals surface area contributed by atoms with E-state index in [-0.39, 0.29) is 39.7 Å². The van der Waals surface area contributed by atoms with Gasteiger partial charge in [0.15, 0.2) is 0 Å². The molecule has 2 heterocycles. The highest BCUT2D eigenvalue weighted by Gasteiger charge is 2.73. The molecule has 8 rings (SSSR count). The minimum Gasteiger partial charge on any atom is -0.368 e. The standard InChI is InChI=1S/C32H27BrClNO/c1-31-23-17-18-24-28(33)27(29(23)35-22-15-13-21(34)14-16-22)32(2,30(31)36-24)26(20-11-7-4-8-12-20)25(31)19-9-5-3-6-10-19/h3-18,23-24,27-28,30H,1-2H3/t23-,24+,27+,28-,30?,31-,32-/m0/s1. The fourth-order valence-electron chi connectivity index (χ4n) is 7.66.